The van der Waals surface area contributed by atoms with Crippen molar-refractivity contribution in [1.82, 2.24) is 0 Å². The van der Waals surface area contributed by atoms with E-state index < -0.39 is 23.8 Å². The molecular weight excluding hydrogens is 397 g/mol. The van der Waals surface area contributed by atoms with Gasteiger partial charge in [0, 0.05) is 12.3 Å². The second-order valence-corrected chi connectivity index (χ2v) is 8.06. The topological polar surface area (TPSA) is 66.8 Å². The van der Waals surface area contributed by atoms with Crippen LogP contribution in [0.3, 0.4) is 0 Å². The van der Waals surface area contributed by atoms with Gasteiger partial charge >= 0.3 is 12.1 Å². The van der Waals surface area contributed by atoms with Crippen LogP contribution in [0.25, 0.3) is 0 Å². The van der Waals surface area contributed by atoms with E-state index in [1.807, 2.05) is 6.08 Å². The molecule has 0 aromatic heterocycles. The van der Waals surface area contributed by atoms with Crippen LogP contribution in [0.1, 0.15) is 44.1 Å². The van der Waals surface area contributed by atoms with Gasteiger partial charge in [-0.1, -0.05) is 36.3 Å². The predicted octanol–water partition coefficient (Wildman–Crippen LogP) is 5.23. The Hall–Kier alpha value is -2.28. The molecule has 1 unspecified atom stereocenters. The lowest BCUT2D eigenvalue weighted by Gasteiger charge is -2.18. The zero-order valence-corrected chi connectivity index (χ0v) is 16.6. The SMILES string of the molecule is O=C(O)CCCC1=CC1[C@H]1CCC[C@@H]1/C=C/[C@@H](O)COc1cccc(C(F)(F)F)c1. The van der Waals surface area contributed by atoms with Gasteiger partial charge in [0.15, 0.2) is 0 Å². The molecule has 7 heteroatoms. The molecule has 1 saturated carbocycles. The summed E-state index contributed by atoms with van der Waals surface area (Å²) in [5.74, 6) is 0.568. The van der Waals surface area contributed by atoms with Crippen LogP contribution in [0, 0.1) is 17.8 Å². The summed E-state index contributed by atoms with van der Waals surface area (Å²) >= 11 is 0. The molecule has 0 heterocycles. The molecule has 3 rings (SSSR count). The second kappa shape index (κ2) is 9.69. The molecule has 2 N–H and O–H groups in total. The predicted molar refractivity (Wildman–Crippen MR) is 106 cm³/mol. The number of alkyl halides is 3. The van der Waals surface area contributed by atoms with E-state index >= 15 is 0 Å². The number of rotatable bonds is 10. The average molecular weight is 424 g/mol. The molecule has 0 aliphatic heterocycles. The number of aliphatic hydroxyl groups is 1. The lowest BCUT2D eigenvalue weighted by molar-refractivity contribution is -0.138. The van der Waals surface area contributed by atoms with Crippen molar-refractivity contribution in [2.24, 2.45) is 17.8 Å². The quantitative estimate of drug-likeness (QED) is 0.505. The van der Waals surface area contributed by atoms with E-state index in [4.69, 9.17) is 9.84 Å². The summed E-state index contributed by atoms with van der Waals surface area (Å²) < 4.78 is 43.6. The molecule has 0 spiro atoms. The number of carbonyl (C=O) groups is 1. The van der Waals surface area contributed by atoms with Crippen molar-refractivity contribution in [1.29, 1.82) is 0 Å². The Bertz CT molecular complexity index is 800. The molecule has 30 heavy (non-hydrogen) atoms. The maximum Gasteiger partial charge on any atom is 0.416 e. The van der Waals surface area contributed by atoms with Crippen LogP contribution in [0.15, 0.2) is 48.1 Å². The Kier molecular flexibility index (Phi) is 7.23. The van der Waals surface area contributed by atoms with E-state index in [1.165, 1.54) is 17.7 Å². The van der Waals surface area contributed by atoms with Crippen LogP contribution < -0.4 is 4.74 Å². The Balaban J connectivity index is 1.44. The fourth-order valence-corrected chi connectivity index (χ4v) is 4.25. The van der Waals surface area contributed by atoms with Gasteiger partial charge in [0.2, 0.25) is 0 Å². The van der Waals surface area contributed by atoms with Gasteiger partial charge in [-0.05, 0) is 55.7 Å². The summed E-state index contributed by atoms with van der Waals surface area (Å²) in [6, 6.07) is 4.61. The number of allylic oxidation sites excluding steroid dienone is 3. The fraction of sp³-hybridized carbons (Fsp3) is 0.522. The first-order valence-corrected chi connectivity index (χ1v) is 10.3. The monoisotopic (exact) mass is 424 g/mol. The van der Waals surface area contributed by atoms with Crippen molar-refractivity contribution in [3.8, 4) is 5.75 Å². The number of aliphatic carboxylic acids is 1. The lowest BCUT2D eigenvalue weighted by atomic mass is 9.88. The van der Waals surface area contributed by atoms with Crippen molar-refractivity contribution < 1.29 is 32.9 Å². The smallest absolute Gasteiger partial charge is 0.416 e. The Morgan fingerprint density at radius 1 is 1.30 bits per heavy atom. The Labute approximate surface area is 174 Å². The molecule has 2 aliphatic carbocycles. The van der Waals surface area contributed by atoms with Gasteiger partial charge in [0.25, 0.3) is 0 Å². The van der Waals surface area contributed by atoms with Crippen LogP contribution >= 0.6 is 0 Å². The highest BCUT2D eigenvalue weighted by molar-refractivity contribution is 5.66. The van der Waals surface area contributed by atoms with Crippen molar-refractivity contribution >= 4 is 5.97 Å². The first-order chi connectivity index (χ1) is 14.2. The Morgan fingerprint density at radius 2 is 2.10 bits per heavy atom. The zero-order valence-electron chi connectivity index (χ0n) is 16.6. The number of halogens is 3. The highest BCUT2D eigenvalue weighted by Gasteiger charge is 2.38. The largest absolute Gasteiger partial charge is 0.491 e. The summed E-state index contributed by atoms with van der Waals surface area (Å²) in [5, 5.41) is 18.9. The average Bonchev–Trinajstić information content (AvgIpc) is 3.29. The maximum absolute atomic E-state index is 12.8. The van der Waals surface area contributed by atoms with Gasteiger partial charge in [-0.25, -0.2) is 0 Å². The normalized spacial score (nSPS) is 24.7. The first-order valence-electron chi connectivity index (χ1n) is 10.3. The van der Waals surface area contributed by atoms with Gasteiger partial charge in [-0.15, -0.1) is 0 Å². The van der Waals surface area contributed by atoms with Gasteiger partial charge in [-0.3, -0.25) is 4.79 Å². The fourth-order valence-electron chi connectivity index (χ4n) is 4.25. The zero-order chi connectivity index (χ0) is 21.7. The molecule has 0 radical (unpaired) electrons. The highest BCUT2D eigenvalue weighted by atomic mass is 19.4. The van der Waals surface area contributed by atoms with Crippen molar-refractivity contribution in [3.05, 3.63) is 53.6 Å². The summed E-state index contributed by atoms with van der Waals surface area (Å²) in [6.45, 7) is -0.114. The van der Waals surface area contributed by atoms with Gasteiger partial charge < -0.3 is 14.9 Å². The molecule has 1 aromatic carbocycles. The van der Waals surface area contributed by atoms with Crippen molar-refractivity contribution in [2.75, 3.05) is 6.61 Å². The number of hydrogen-bond donors (Lipinski definition) is 2. The molecule has 2 aliphatic rings. The Morgan fingerprint density at radius 3 is 2.83 bits per heavy atom. The number of carboxylic acids is 1. The maximum atomic E-state index is 12.8. The summed E-state index contributed by atoms with van der Waals surface area (Å²) in [4.78, 5) is 10.6. The number of carboxylic acid groups (broad SMARTS) is 1. The molecule has 0 amide bonds. The van der Waals surface area contributed by atoms with Gasteiger partial charge in [0.05, 0.1) is 5.56 Å². The van der Waals surface area contributed by atoms with E-state index in [9.17, 15) is 23.1 Å². The molecule has 4 atom stereocenters. The number of ether oxygens (including phenoxy) is 1. The van der Waals surface area contributed by atoms with Crippen LogP contribution in [0.4, 0.5) is 13.2 Å². The summed E-state index contributed by atoms with van der Waals surface area (Å²) in [6.07, 6.45) is 5.51. The van der Waals surface area contributed by atoms with Crippen LogP contribution in [-0.2, 0) is 11.0 Å². The van der Waals surface area contributed by atoms with Crippen LogP contribution in [0.5, 0.6) is 5.75 Å². The van der Waals surface area contributed by atoms with Crippen molar-refractivity contribution in [3.63, 3.8) is 0 Å². The first kappa shape index (κ1) is 22.4. The molecule has 4 nitrogen and oxygen atoms in total. The number of benzene rings is 1. The van der Waals surface area contributed by atoms with E-state index in [1.54, 1.807) is 6.08 Å². The summed E-state index contributed by atoms with van der Waals surface area (Å²) in [5.41, 5.74) is 0.560. The third-order valence-electron chi connectivity index (χ3n) is 5.82. The molecule has 0 bridgehead atoms. The van der Waals surface area contributed by atoms with Crippen LogP contribution in [0.2, 0.25) is 0 Å². The molecule has 164 valence electrons. The molecule has 1 aromatic rings. The molecule has 1 fully saturated rings. The van der Waals surface area contributed by atoms with E-state index in [0.29, 0.717) is 24.2 Å². The summed E-state index contributed by atoms with van der Waals surface area (Å²) in [7, 11) is 0. The third-order valence-corrected chi connectivity index (χ3v) is 5.82. The van der Waals surface area contributed by atoms with Crippen LogP contribution in [-0.4, -0.2) is 28.9 Å². The molecule has 0 saturated heterocycles. The minimum atomic E-state index is -4.43. The highest BCUT2D eigenvalue weighted by Crippen LogP contribution is 2.49. The number of hydrogen-bond acceptors (Lipinski definition) is 3. The van der Waals surface area contributed by atoms with Crippen molar-refractivity contribution in [2.45, 2.75) is 50.8 Å². The van der Waals surface area contributed by atoms with Gasteiger partial charge in [0.1, 0.15) is 18.5 Å². The lowest BCUT2D eigenvalue weighted by Crippen LogP contribution is -2.16. The standard InChI is InChI=1S/C23H27F3O4/c24-23(25,26)17-6-3-7-19(13-17)30-14-18(27)11-10-15-4-1-8-20(15)21-12-16(21)5-2-9-22(28)29/h3,6-7,10-13,15,18,20-21,27H,1-2,4-5,8-9,14H2,(H,28,29)/b11-10+/t15-,18-,20+,21?/m1/s1. The molecular formula is C23H27F3O4. The van der Waals surface area contributed by atoms with Gasteiger partial charge in [-0.2, -0.15) is 13.2 Å². The second-order valence-electron chi connectivity index (χ2n) is 8.06. The number of aliphatic hydroxyl groups excluding tert-OH is 1. The van der Waals surface area contributed by atoms with E-state index in [-0.39, 0.29) is 18.8 Å². The van der Waals surface area contributed by atoms with E-state index in [2.05, 4.69) is 6.08 Å². The third kappa shape index (κ3) is 6.36. The minimum Gasteiger partial charge on any atom is -0.491 e. The van der Waals surface area contributed by atoms with E-state index in [0.717, 1.165) is 37.8 Å². The minimum absolute atomic E-state index is 0.0733.